The first-order valence-corrected chi connectivity index (χ1v) is 12.8. The molecule has 2 aromatic heterocycles. The van der Waals surface area contributed by atoms with Gasteiger partial charge in [-0.15, -0.1) is 0 Å². The number of ether oxygens (including phenoxy) is 1. The third-order valence-electron chi connectivity index (χ3n) is 5.91. The van der Waals surface area contributed by atoms with Crippen LogP contribution in [0, 0.1) is 18.6 Å². The highest BCUT2D eigenvalue weighted by Crippen LogP contribution is 2.45. The summed E-state index contributed by atoms with van der Waals surface area (Å²) >= 11 is 6.80. The SMILES string of the molecule is CC(C)(C)O.Cc1nc2c(ccn2Cc2ccc(F)c(F)c2)c(-c2ccc3c(c2Cl)NCCO3)c1CC(=O)O. The summed E-state index contributed by atoms with van der Waals surface area (Å²) in [6.07, 6.45) is 1.57. The van der Waals surface area contributed by atoms with Crippen molar-refractivity contribution < 1.29 is 28.5 Å². The fourth-order valence-electron chi connectivity index (χ4n) is 4.36. The van der Waals surface area contributed by atoms with Crippen LogP contribution < -0.4 is 10.1 Å². The molecule has 39 heavy (non-hydrogen) atoms. The van der Waals surface area contributed by atoms with Crippen LogP contribution in [0.4, 0.5) is 14.5 Å². The Morgan fingerprint density at radius 3 is 2.56 bits per heavy atom. The number of nitrogens with one attached hydrogen (secondary N) is 1. The Kier molecular flexibility index (Phi) is 8.13. The summed E-state index contributed by atoms with van der Waals surface area (Å²) in [5, 5.41) is 22.5. The molecule has 3 heterocycles. The first kappa shape index (κ1) is 28.3. The molecule has 2 aromatic carbocycles. The summed E-state index contributed by atoms with van der Waals surface area (Å²) in [5.74, 6) is -2.17. The third kappa shape index (κ3) is 6.49. The van der Waals surface area contributed by atoms with Crippen LogP contribution in [0.3, 0.4) is 0 Å². The second-order valence-corrected chi connectivity index (χ2v) is 10.7. The molecule has 0 radical (unpaired) electrons. The van der Waals surface area contributed by atoms with Crippen LogP contribution in [0.25, 0.3) is 22.2 Å². The molecule has 3 N–H and O–H groups in total. The Labute approximate surface area is 230 Å². The van der Waals surface area contributed by atoms with E-state index in [9.17, 15) is 18.7 Å². The van der Waals surface area contributed by atoms with Gasteiger partial charge in [-0.2, -0.15) is 0 Å². The lowest BCUT2D eigenvalue weighted by atomic mass is 9.93. The second kappa shape index (κ2) is 11.2. The van der Waals surface area contributed by atoms with Crippen LogP contribution in [0.5, 0.6) is 5.75 Å². The standard InChI is InChI=1S/C25H20ClF2N3O3.C4H10O/c1-13-17(11-21(32)33)22(15-3-5-20-24(23(15)26)29-7-9-34-20)16-6-8-31(25(16)30-13)12-14-2-4-18(27)19(28)10-14;1-4(2,3)5/h2-6,8,10,29H,7,9,11-12H2,1H3,(H,32,33);5H,1-3H3. The van der Waals surface area contributed by atoms with Crippen molar-refractivity contribution in [1.82, 2.24) is 9.55 Å². The maximum Gasteiger partial charge on any atom is 0.307 e. The van der Waals surface area contributed by atoms with Gasteiger partial charge in [0.15, 0.2) is 11.6 Å². The van der Waals surface area contributed by atoms with Crippen molar-refractivity contribution in [3.63, 3.8) is 0 Å². The fraction of sp³-hybridized carbons (Fsp3) is 0.310. The van der Waals surface area contributed by atoms with Crippen LogP contribution in [0.1, 0.15) is 37.6 Å². The molecule has 0 amide bonds. The molecule has 1 aliphatic rings. The van der Waals surface area contributed by atoms with Crippen LogP contribution >= 0.6 is 11.6 Å². The number of aliphatic hydroxyl groups is 1. The van der Waals surface area contributed by atoms with E-state index < -0.39 is 23.2 Å². The lowest BCUT2D eigenvalue weighted by molar-refractivity contribution is -0.136. The summed E-state index contributed by atoms with van der Waals surface area (Å²) in [6.45, 7) is 8.38. The number of hydrogen-bond acceptors (Lipinski definition) is 5. The van der Waals surface area contributed by atoms with E-state index in [0.29, 0.717) is 68.6 Å². The molecule has 4 aromatic rings. The van der Waals surface area contributed by atoms with Crippen molar-refractivity contribution in [2.24, 2.45) is 0 Å². The van der Waals surface area contributed by atoms with Gasteiger partial charge >= 0.3 is 5.97 Å². The monoisotopic (exact) mass is 557 g/mol. The first-order chi connectivity index (χ1) is 18.3. The van der Waals surface area contributed by atoms with E-state index in [0.717, 1.165) is 12.1 Å². The van der Waals surface area contributed by atoms with Crippen molar-refractivity contribution in [2.75, 3.05) is 18.5 Å². The molecule has 0 unspecified atom stereocenters. The Bertz CT molecular complexity index is 1540. The van der Waals surface area contributed by atoms with Crippen LogP contribution in [0.2, 0.25) is 5.02 Å². The minimum Gasteiger partial charge on any atom is -0.490 e. The van der Waals surface area contributed by atoms with Gasteiger partial charge in [0.05, 0.1) is 22.7 Å². The summed E-state index contributed by atoms with van der Waals surface area (Å²) in [6, 6.07) is 9.23. The minimum absolute atomic E-state index is 0.226. The van der Waals surface area contributed by atoms with E-state index >= 15 is 0 Å². The Hall–Kier alpha value is -3.69. The second-order valence-electron chi connectivity index (χ2n) is 10.3. The molecule has 7 nitrogen and oxygen atoms in total. The van der Waals surface area contributed by atoms with Gasteiger partial charge in [-0.05, 0) is 74.7 Å². The molecule has 0 fully saturated rings. The Balaban J connectivity index is 0.000000648. The molecule has 10 heteroatoms. The number of nitrogens with zero attached hydrogens (tertiary/aromatic N) is 2. The molecular formula is C29H30ClF2N3O4. The molecule has 5 rings (SSSR count). The van der Waals surface area contributed by atoms with Crippen molar-refractivity contribution in [3.8, 4) is 16.9 Å². The smallest absolute Gasteiger partial charge is 0.307 e. The average molecular weight is 558 g/mol. The van der Waals surface area contributed by atoms with Gasteiger partial charge in [-0.3, -0.25) is 4.79 Å². The Morgan fingerprint density at radius 2 is 1.90 bits per heavy atom. The highest BCUT2D eigenvalue weighted by molar-refractivity contribution is 6.37. The highest BCUT2D eigenvalue weighted by Gasteiger charge is 2.24. The number of carbonyl (C=O) groups is 1. The summed E-state index contributed by atoms with van der Waals surface area (Å²) in [4.78, 5) is 16.4. The van der Waals surface area contributed by atoms with Crippen molar-refractivity contribution >= 4 is 34.3 Å². The molecule has 1 aliphatic heterocycles. The van der Waals surface area contributed by atoms with Gasteiger partial charge in [0.1, 0.15) is 18.0 Å². The average Bonchev–Trinajstić information content (AvgIpc) is 3.23. The van der Waals surface area contributed by atoms with Gasteiger partial charge < -0.3 is 24.8 Å². The van der Waals surface area contributed by atoms with Gasteiger partial charge in [0.2, 0.25) is 0 Å². The lowest BCUT2D eigenvalue weighted by Gasteiger charge is -2.23. The van der Waals surface area contributed by atoms with E-state index in [1.165, 1.54) is 6.07 Å². The zero-order chi connectivity index (χ0) is 28.5. The predicted molar refractivity (Wildman–Crippen MR) is 148 cm³/mol. The molecule has 206 valence electrons. The Morgan fingerprint density at radius 1 is 1.18 bits per heavy atom. The van der Waals surface area contributed by atoms with Crippen molar-refractivity contribution in [1.29, 1.82) is 0 Å². The number of halogens is 3. The zero-order valence-corrected chi connectivity index (χ0v) is 22.9. The van der Waals surface area contributed by atoms with Crippen LogP contribution in [-0.2, 0) is 17.8 Å². The number of carboxylic acids is 1. The maximum atomic E-state index is 13.7. The number of hydrogen-bond donors (Lipinski definition) is 3. The van der Waals surface area contributed by atoms with Crippen molar-refractivity contribution in [2.45, 2.75) is 46.3 Å². The zero-order valence-electron chi connectivity index (χ0n) is 22.1. The molecule has 0 atom stereocenters. The van der Waals surface area contributed by atoms with E-state index in [-0.39, 0.29) is 13.0 Å². The fourth-order valence-corrected chi connectivity index (χ4v) is 4.68. The number of aryl methyl sites for hydroxylation is 1. The molecule has 0 bridgehead atoms. The first-order valence-electron chi connectivity index (χ1n) is 12.4. The van der Waals surface area contributed by atoms with Gasteiger partial charge in [-0.25, -0.2) is 13.8 Å². The van der Waals surface area contributed by atoms with Gasteiger partial charge in [0, 0.05) is 35.9 Å². The van der Waals surface area contributed by atoms with Crippen molar-refractivity contribution in [3.05, 3.63) is 76.1 Å². The minimum atomic E-state index is -0.984. The number of anilines is 1. The molecular weight excluding hydrogens is 528 g/mol. The highest BCUT2D eigenvalue weighted by atomic mass is 35.5. The largest absolute Gasteiger partial charge is 0.490 e. The van der Waals surface area contributed by atoms with Gasteiger partial charge in [-0.1, -0.05) is 17.7 Å². The van der Waals surface area contributed by atoms with Gasteiger partial charge in [0.25, 0.3) is 0 Å². The molecule has 0 saturated carbocycles. The lowest BCUT2D eigenvalue weighted by Crippen LogP contribution is -2.18. The quantitative estimate of drug-likeness (QED) is 0.270. The number of fused-ring (bicyclic) bond motifs is 2. The number of pyridine rings is 1. The number of rotatable bonds is 5. The van der Waals surface area contributed by atoms with E-state index in [1.54, 1.807) is 33.9 Å². The predicted octanol–water partition coefficient (Wildman–Crippen LogP) is 6.20. The third-order valence-corrected chi connectivity index (χ3v) is 6.31. The molecule has 0 saturated heterocycles. The topological polar surface area (TPSA) is 96.6 Å². The number of aromatic nitrogens is 2. The normalized spacial score (nSPS) is 12.7. The summed E-state index contributed by atoms with van der Waals surface area (Å²) < 4.78 is 34.6. The van der Waals surface area contributed by atoms with E-state index in [4.69, 9.17) is 21.4 Å². The van der Waals surface area contributed by atoms with Crippen LogP contribution in [-0.4, -0.2) is 44.5 Å². The number of aliphatic carboxylic acids is 1. The van der Waals surface area contributed by atoms with Crippen LogP contribution in [0.15, 0.2) is 42.6 Å². The molecule has 0 spiro atoms. The van der Waals surface area contributed by atoms with E-state index in [2.05, 4.69) is 10.3 Å². The number of carboxylic acid groups (broad SMARTS) is 1. The molecule has 0 aliphatic carbocycles. The summed E-state index contributed by atoms with van der Waals surface area (Å²) in [5.41, 5.74) is 3.77. The summed E-state index contributed by atoms with van der Waals surface area (Å²) in [7, 11) is 0. The number of benzene rings is 2. The maximum absolute atomic E-state index is 13.7. The van der Waals surface area contributed by atoms with E-state index in [1.807, 2.05) is 22.8 Å².